The van der Waals surface area contributed by atoms with E-state index in [2.05, 4.69) is 15.9 Å². The van der Waals surface area contributed by atoms with E-state index in [0.29, 0.717) is 18.6 Å². The van der Waals surface area contributed by atoms with E-state index in [4.69, 9.17) is 4.74 Å². The maximum Gasteiger partial charge on any atom is 0.198 e. The van der Waals surface area contributed by atoms with E-state index in [1.807, 2.05) is 24.3 Å². The summed E-state index contributed by atoms with van der Waals surface area (Å²) < 4.78 is 6.30. The van der Waals surface area contributed by atoms with Gasteiger partial charge in [0.15, 0.2) is 17.8 Å². The molecule has 2 atom stereocenters. The van der Waals surface area contributed by atoms with E-state index in [-0.39, 0.29) is 11.7 Å². The summed E-state index contributed by atoms with van der Waals surface area (Å²) in [5.74, 6) is 0.524. The first-order valence-corrected chi connectivity index (χ1v) is 6.81. The van der Waals surface area contributed by atoms with Gasteiger partial charge in [0, 0.05) is 23.2 Å². The molecule has 1 aliphatic carbocycles. The molecule has 0 saturated carbocycles. The van der Waals surface area contributed by atoms with Gasteiger partial charge in [-0.05, 0) is 29.7 Å². The lowest BCUT2D eigenvalue weighted by Crippen LogP contribution is -2.24. The molecule has 2 aliphatic rings. The summed E-state index contributed by atoms with van der Waals surface area (Å²) >= 11 is 3.41. The zero-order valence-electron chi connectivity index (χ0n) is 9.73. The molecule has 1 N–H and O–H groups in total. The number of aliphatic hydroxyl groups excluding tert-OH is 1. The Labute approximate surface area is 114 Å². The maximum absolute atomic E-state index is 11.7. The van der Waals surface area contributed by atoms with Gasteiger partial charge in [0.1, 0.15) is 0 Å². The number of hydrogen-bond donors (Lipinski definition) is 1. The first-order chi connectivity index (χ1) is 8.65. The highest BCUT2D eigenvalue weighted by molar-refractivity contribution is 9.10. The summed E-state index contributed by atoms with van der Waals surface area (Å²) in [7, 11) is 0. The number of allylic oxidation sites excluding steroid dienone is 2. The Bertz CT molecular complexity index is 518. The zero-order valence-corrected chi connectivity index (χ0v) is 11.3. The predicted octanol–water partition coefficient (Wildman–Crippen LogP) is 2.89. The summed E-state index contributed by atoms with van der Waals surface area (Å²) in [6.45, 7) is 0. The molecule has 0 aromatic heterocycles. The van der Waals surface area contributed by atoms with Gasteiger partial charge in [0.05, 0.1) is 0 Å². The summed E-state index contributed by atoms with van der Waals surface area (Å²) in [6, 6.07) is 8.02. The third-order valence-electron chi connectivity index (χ3n) is 3.55. The van der Waals surface area contributed by atoms with Gasteiger partial charge in [-0.3, -0.25) is 4.79 Å². The Morgan fingerprint density at radius 3 is 2.67 bits per heavy atom. The van der Waals surface area contributed by atoms with E-state index < -0.39 is 6.29 Å². The van der Waals surface area contributed by atoms with Crippen molar-refractivity contribution in [2.45, 2.75) is 31.5 Å². The lowest BCUT2D eigenvalue weighted by molar-refractivity contribution is -0.128. The van der Waals surface area contributed by atoms with E-state index in [9.17, 15) is 9.90 Å². The van der Waals surface area contributed by atoms with E-state index in [1.165, 1.54) is 0 Å². The number of aliphatic hydroxyl groups is 1. The molecule has 0 spiro atoms. The van der Waals surface area contributed by atoms with Gasteiger partial charge in [-0.15, -0.1) is 0 Å². The van der Waals surface area contributed by atoms with E-state index >= 15 is 0 Å². The van der Waals surface area contributed by atoms with Crippen molar-refractivity contribution in [3.8, 4) is 0 Å². The van der Waals surface area contributed by atoms with Crippen LogP contribution in [0.2, 0.25) is 0 Å². The molecule has 0 radical (unpaired) electrons. The van der Waals surface area contributed by atoms with Crippen molar-refractivity contribution in [3.05, 3.63) is 45.6 Å². The first-order valence-electron chi connectivity index (χ1n) is 6.01. The largest absolute Gasteiger partial charge is 0.461 e. The minimum atomic E-state index is -0.876. The minimum Gasteiger partial charge on any atom is -0.461 e. The van der Waals surface area contributed by atoms with Crippen molar-refractivity contribution in [1.29, 1.82) is 0 Å². The molecule has 4 heteroatoms. The molecule has 1 aromatic rings. The Balaban J connectivity index is 2.00. The molecule has 0 saturated heterocycles. The number of hydrogen-bond acceptors (Lipinski definition) is 3. The maximum atomic E-state index is 11.7. The molecule has 1 aliphatic heterocycles. The molecule has 0 bridgehead atoms. The second-order valence-electron chi connectivity index (χ2n) is 4.69. The highest BCUT2D eigenvalue weighted by Gasteiger charge is 2.37. The zero-order chi connectivity index (χ0) is 12.7. The van der Waals surface area contributed by atoms with Crippen molar-refractivity contribution >= 4 is 21.7 Å². The van der Waals surface area contributed by atoms with Gasteiger partial charge in [0.2, 0.25) is 0 Å². The van der Waals surface area contributed by atoms with Gasteiger partial charge < -0.3 is 9.84 Å². The smallest absolute Gasteiger partial charge is 0.198 e. The van der Waals surface area contributed by atoms with Crippen molar-refractivity contribution in [1.82, 2.24) is 0 Å². The Morgan fingerprint density at radius 1 is 1.22 bits per heavy atom. The van der Waals surface area contributed by atoms with Gasteiger partial charge >= 0.3 is 0 Å². The highest BCUT2D eigenvalue weighted by Crippen LogP contribution is 2.42. The van der Waals surface area contributed by atoms with Crippen molar-refractivity contribution in [2.24, 2.45) is 0 Å². The Hall–Kier alpha value is -1.13. The van der Waals surface area contributed by atoms with Crippen LogP contribution in [0, 0.1) is 0 Å². The molecular formula is C14H13BrO3. The summed E-state index contributed by atoms with van der Waals surface area (Å²) in [6.07, 6.45) is 0.902. The molecule has 3 nitrogen and oxygen atoms in total. The van der Waals surface area contributed by atoms with Crippen LogP contribution in [0.5, 0.6) is 0 Å². The normalized spacial score (nSPS) is 27.1. The summed E-state index contributed by atoms with van der Waals surface area (Å²) in [5, 5.41) is 9.74. The monoisotopic (exact) mass is 308 g/mol. The van der Waals surface area contributed by atoms with Crippen LogP contribution in [0.15, 0.2) is 40.1 Å². The van der Waals surface area contributed by atoms with Crippen LogP contribution in [0.1, 0.15) is 30.7 Å². The topological polar surface area (TPSA) is 46.5 Å². The first kappa shape index (κ1) is 11.9. The Morgan fingerprint density at radius 2 is 1.94 bits per heavy atom. The quantitative estimate of drug-likeness (QED) is 0.867. The molecular weight excluding hydrogens is 296 g/mol. The van der Waals surface area contributed by atoms with E-state index in [1.54, 1.807) is 0 Å². The number of Topliss-reactive ketones (excluding diaryl/α,β-unsaturated/α-hetero) is 1. The number of benzene rings is 1. The number of ketones is 1. The molecule has 3 rings (SSSR count). The number of ether oxygens (including phenoxy) is 1. The lowest BCUT2D eigenvalue weighted by atomic mass is 9.86. The fourth-order valence-corrected chi connectivity index (χ4v) is 2.95. The van der Waals surface area contributed by atoms with Gasteiger partial charge in [-0.25, -0.2) is 0 Å². The van der Waals surface area contributed by atoms with Crippen LogP contribution in [0.25, 0.3) is 0 Å². The second kappa shape index (κ2) is 4.52. The van der Waals surface area contributed by atoms with Crippen LogP contribution in [0.3, 0.4) is 0 Å². The molecule has 1 heterocycles. The molecule has 18 heavy (non-hydrogen) atoms. The molecule has 0 fully saturated rings. The third kappa shape index (κ3) is 1.99. The molecule has 0 unspecified atom stereocenters. The lowest BCUT2D eigenvalue weighted by Gasteiger charge is -2.28. The van der Waals surface area contributed by atoms with Crippen LogP contribution >= 0.6 is 15.9 Å². The predicted molar refractivity (Wildman–Crippen MR) is 69.9 cm³/mol. The van der Waals surface area contributed by atoms with Crippen molar-refractivity contribution < 1.29 is 14.6 Å². The highest BCUT2D eigenvalue weighted by atomic mass is 79.9. The molecule has 1 aromatic carbocycles. The minimum absolute atomic E-state index is 0.0193. The standard InChI is InChI=1S/C14H13BrO3/c15-9-3-1-8(2-4-9)11-7-13(17)18-14-10(11)5-6-12(14)16/h1-4,11,13,17H,5-7H2/t11-,13-/m0/s1. The summed E-state index contributed by atoms with van der Waals surface area (Å²) in [4.78, 5) is 11.7. The summed E-state index contributed by atoms with van der Waals surface area (Å²) in [5.41, 5.74) is 2.18. The van der Waals surface area contributed by atoms with Crippen LogP contribution < -0.4 is 0 Å². The second-order valence-corrected chi connectivity index (χ2v) is 5.61. The SMILES string of the molecule is O=C1CCC2=C1O[C@H](O)C[C@H]2c1ccc(Br)cc1. The number of halogens is 1. The van der Waals surface area contributed by atoms with Crippen molar-refractivity contribution in [3.63, 3.8) is 0 Å². The number of carbonyl (C=O) groups is 1. The van der Waals surface area contributed by atoms with Crippen LogP contribution in [0.4, 0.5) is 0 Å². The van der Waals surface area contributed by atoms with E-state index in [0.717, 1.165) is 22.0 Å². The average molecular weight is 309 g/mol. The molecule has 0 amide bonds. The fourth-order valence-electron chi connectivity index (χ4n) is 2.69. The van der Waals surface area contributed by atoms with Crippen LogP contribution in [-0.2, 0) is 9.53 Å². The fraction of sp³-hybridized carbons (Fsp3) is 0.357. The van der Waals surface area contributed by atoms with Crippen molar-refractivity contribution in [2.75, 3.05) is 0 Å². The molecule has 94 valence electrons. The average Bonchev–Trinajstić information content (AvgIpc) is 2.71. The van der Waals surface area contributed by atoms with Gasteiger partial charge in [0.25, 0.3) is 0 Å². The van der Waals surface area contributed by atoms with Gasteiger partial charge in [-0.1, -0.05) is 28.1 Å². The van der Waals surface area contributed by atoms with Gasteiger partial charge in [-0.2, -0.15) is 0 Å². The third-order valence-corrected chi connectivity index (χ3v) is 4.08. The van der Waals surface area contributed by atoms with Crippen LogP contribution in [-0.4, -0.2) is 17.2 Å². The number of rotatable bonds is 1. The number of carbonyl (C=O) groups excluding carboxylic acids is 1. The Kier molecular flexibility index (Phi) is 2.99.